The molecular weight excluding hydrogens is 602 g/mol. The summed E-state index contributed by atoms with van der Waals surface area (Å²) in [5.74, 6) is -2.74. The first-order valence-corrected chi connectivity index (χ1v) is 15.6. The number of aromatic amines is 1. The van der Waals surface area contributed by atoms with Crippen molar-refractivity contribution in [1.82, 2.24) is 25.9 Å². The van der Waals surface area contributed by atoms with Gasteiger partial charge in [-0.1, -0.05) is 93.1 Å². The van der Waals surface area contributed by atoms with Crippen LogP contribution < -0.4 is 16.0 Å². The largest absolute Gasteiger partial charge is 0.481 e. The Hall–Kier alpha value is -5.23. The lowest BCUT2D eigenvalue weighted by atomic mass is 9.92. The number of nitrogens with zero attached hydrogens (tertiary/aromatic N) is 1. The molecule has 0 fully saturated rings. The number of H-pyrrole nitrogens is 1. The number of carbonyl (C=O) groups is 4. The van der Waals surface area contributed by atoms with Crippen molar-refractivity contribution in [3.63, 3.8) is 0 Å². The first-order valence-electron chi connectivity index (χ1n) is 15.6. The van der Waals surface area contributed by atoms with E-state index in [0.29, 0.717) is 12.1 Å². The number of imidazole rings is 1. The summed E-state index contributed by atoms with van der Waals surface area (Å²) < 4.78 is 5.42. The van der Waals surface area contributed by atoms with E-state index >= 15 is 0 Å². The standard InChI is InChI=1S/C35H41N5O7/c1-3-22(2)32(30(41)18-31(42)43)40-34(45)29(17-26-19-36-21-37-26)38-33(44)28(39-35(46)47-20-23-10-5-4-6-11-23)16-25-14-9-13-24-12-7-8-15-27(24)25/h4-15,19,21-22,28-30,32,41H,3,16-18,20H2,1-2H3,(H,36,37)(H,38,44)(H,39,46)(H,40,45)(H,42,43)/t22?,28-,29+,30?,32?/m0/s1. The van der Waals surface area contributed by atoms with Crippen molar-refractivity contribution in [3.05, 3.63) is 102 Å². The predicted octanol–water partition coefficient (Wildman–Crippen LogP) is 3.49. The smallest absolute Gasteiger partial charge is 0.408 e. The van der Waals surface area contributed by atoms with E-state index in [-0.39, 0.29) is 25.4 Å². The molecule has 4 rings (SSSR count). The Balaban J connectivity index is 1.58. The minimum absolute atomic E-state index is 0.00416. The SMILES string of the molecule is CCC(C)C(NC(=O)[C@@H](Cc1cnc[nH]1)NC(=O)[C@H](Cc1cccc2ccccc12)NC(=O)OCc1ccccc1)C(O)CC(=O)O. The number of hydrogen-bond acceptors (Lipinski definition) is 7. The van der Waals surface area contributed by atoms with Crippen LogP contribution in [0.15, 0.2) is 85.3 Å². The molecule has 6 N–H and O–H groups in total. The summed E-state index contributed by atoms with van der Waals surface area (Å²) in [5.41, 5.74) is 2.13. The fraction of sp³-hybridized carbons (Fsp3) is 0.343. The third kappa shape index (κ3) is 10.1. The number of aliphatic carboxylic acids is 1. The summed E-state index contributed by atoms with van der Waals surface area (Å²) in [7, 11) is 0. The third-order valence-corrected chi connectivity index (χ3v) is 8.10. The maximum atomic E-state index is 14.0. The molecule has 4 aromatic rings. The van der Waals surface area contributed by atoms with Crippen molar-refractivity contribution in [1.29, 1.82) is 0 Å². The zero-order valence-electron chi connectivity index (χ0n) is 26.4. The molecule has 1 aromatic heterocycles. The van der Waals surface area contributed by atoms with E-state index in [1.54, 1.807) is 6.92 Å². The number of aliphatic hydroxyl groups excluding tert-OH is 1. The van der Waals surface area contributed by atoms with Crippen molar-refractivity contribution in [2.45, 2.75) is 70.4 Å². The van der Waals surface area contributed by atoms with E-state index in [1.807, 2.05) is 79.7 Å². The topological polar surface area (TPSA) is 183 Å². The molecule has 248 valence electrons. The number of alkyl carbamates (subject to hydrolysis) is 1. The number of aliphatic hydroxyl groups is 1. The van der Waals surface area contributed by atoms with E-state index in [4.69, 9.17) is 4.74 Å². The van der Waals surface area contributed by atoms with Gasteiger partial charge in [0.25, 0.3) is 0 Å². The van der Waals surface area contributed by atoms with E-state index in [0.717, 1.165) is 21.9 Å². The average molecular weight is 644 g/mol. The summed E-state index contributed by atoms with van der Waals surface area (Å²) in [5, 5.41) is 30.0. The first kappa shape index (κ1) is 34.6. The molecular formula is C35H41N5O7. The van der Waals surface area contributed by atoms with E-state index in [9.17, 15) is 29.4 Å². The van der Waals surface area contributed by atoms with Gasteiger partial charge in [-0.05, 0) is 27.8 Å². The molecule has 3 unspecified atom stereocenters. The van der Waals surface area contributed by atoms with Crippen molar-refractivity contribution < 1.29 is 34.1 Å². The number of nitrogens with one attached hydrogen (secondary N) is 4. The highest BCUT2D eigenvalue weighted by atomic mass is 16.5. The Bertz CT molecular complexity index is 1620. The minimum atomic E-state index is -1.35. The molecule has 0 saturated heterocycles. The molecule has 0 aliphatic rings. The van der Waals surface area contributed by atoms with Crippen molar-refractivity contribution in [2.75, 3.05) is 0 Å². The van der Waals surface area contributed by atoms with Crippen LogP contribution in [0.1, 0.15) is 43.5 Å². The van der Waals surface area contributed by atoms with Crippen LogP contribution in [-0.2, 0) is 38.6 Å². The maximum Gasteiger partial charge on any atom is 0.408 e. The van der Waals surface area contributed by atoms with Crippen LogP contribution in [0.4, 0.5) is 4.79 Å². The summed E-state index contributed by atoms with van der Waals surface area (Å²) in [4.78, 5) is 59.0. The number of carboxylic acids is 1. The molecule has 47 heavy (non-hydrogen) atoms. The predicted molar refractivity (Wildman–Crippen MR) is 175 cm³/mol. The number of carboxylic acid groups (broad SMARTS) is 1. The van der Waals surface area contributed by atoms with Crippen molar-refractivity contribution in [3.8, 4) is 0 Å². The Kier molecular flexibility index (Phi) is 12.5. The molecule has 5 atom stereocenters. The number of fused-ring (bicyclic) bond motifs is 1. The van der Waals surface area contributed by atoms with Crippen LogP contribution in [0.2, 0.25) is 0 Å². The Morgan fingerprint density at radius 1 is 0.872 bits per heavy atom. The number of rotatable bonds is 16. The lowest BCUT2D eigenvalue weighted by Gasteiger charge is -2.30. The van der Waals surface area contributed by atoms with E-state index in [2.05, 4.69) is 25.9 Å². The normalized spacial score (nSPS) is 14.3. The molecule has 0 saturated carbocycles. The zero-order valence-corrected chi connectivity index (χ0v) is 26.4. The Labute approximate surface area is 272 Å². The van der Waals surface area contributed by atoms with Crippen LogP contribution >= 0.6 is 0 Å². The van der Waals surface area contributed by atoms with Gasteiger partial charge in [0.05, 0.1) is 24.9 Å². The molecule has 0 aliphatic carbocycles. The van der Waals surface area contributed by atoms with Gasteiger partial charge in [-0.3, -0.25) is 14.4 Å². The van der Waals surface area contributed by atoms with Gasteiger partial charge in [0.2, 0.25) is 11.8 Å². The number of benzene rings is 3. The van der Waals surface area contributed by atoms with E-state index in [1.165, 1.54) is 12.5 Å². The second-order valence-electron chi connectivity index (χ2n) is 11.5. The summed E-state index contributed by atoms with van der Waals surface area (Å²) in [6, 6.07) is 19.3. The van der Waals surface area contributed by atoms with Gasteiger partial charge in [-0.15, -0.1) is 0 Å². The first-order chi connectivity index (χ1) is 22.6. The quantitative estimate of drug-likeness (QED) is 0.107. The molecule has 0 aliphatic heterocycles. The van der Waals surface area contributed by atoms with Crippen LogP contribution in [0.5, 0.6) is 0 Å². The fourth-order valence-corrected chi connectivity index (χ4v) is 5.35. The zero-order chi connectivity index (χ0) is 33.8. The minimum Gasteiger partial charge on any atom is -0.481 e. The monoisotopic (exact) mass is 643 g/mol. The third-order valence-electron chi connectivity index (χ3n) is 8.10. The molecule has 3 amide bonds. The van der Waals surface area contributed by atoms with Crippen molar-refractivity contribution >= 4 is 34.6 Å². The molecule has 3 aromatic carbocycles. The van der Waals surface area contributed by atoms with Gasteiger partial charge in [-0.2, -0.15) is 0 Å². The van der Waals surface area contributed by atoms with Gasteiger partial charge in [-0.25, -0.2) is 9.78 Å². The molecule has 12 nitrogen and oxygen atoms in total. The number of hydrogen-bond donors (Lipinski definition) is 6. The molecule has 12 heteroatoms. The number of aromatic nitrogens is 2. The number of carbonyl (C=O) groups excluding carboxylic acids is 3. The molecule has 0 bridgehead atoms. The van der Waals surface area contributed by atoms with Crippen LogP contribution in [0.3, 0.4) is 0 Å². The molecule has 1 heterocycles. The van der Waals surface area contributed by atoms with Gasteiger partial charge < -0.3 is 35.9 Å². The van der Waals surface area contributed by atoms with Gasteiger partial charge >= 0.3 is 12.1 Å². The van der Waals surface area contributed by atoms with Crippen LogP contribution in [-0.4, -0.2) is 68.3 Å². The van der Waals surface area contributed by atoms with Gasteiger partial charge in [0.1, 0.15) is 18.7 Å². The lowest BCUT2D eigenvalue weighted by Crippen LogP contribution is -2.58. The molecule has 0 spiro atoms. The van der Waals surface area contributed by atoms with Gasteiger partial charge in [0.15, 0.2) is 0 Å². The maximum absolute atomic E-state index is 14.0. The van der Waals surface area contributed by atoms with Crippen LogP contribution in [0.25, 0.3) is 10.8 Å². The van der Waals surface area contributed by atoms with Gasteiger partial charge in [0, 0.05) is 24.7 Å². The highest BCUT2D eigenvalue weighted by Gasteiger charge is 2.33. The second kappa shape index (κ2) is 16.9. The van der Waals surface area contributed by atoms with E-state index < -0.39 is 54.5 Å². The summed E-state index contributed by atoms with van der Waals surface area (Å²) in [6.45, 7) is 3.65. The Morgan fingerprint density at radius 2 is 1.55 bits per heavy atom. The highest BCUT2D eigenvalue weighted by Crippen LogP contribution is 2.20. The fourth-order valence-electron chi connectivity index (χ4n) is 5.35. The molecule has 0 radical (unpaired) electrons. The average Bonchev–Trinajstić information content (AvgIpc) is 3.58. The Morgan fingerprint density at radius 3 is 2.26 bits per heavy atom. The van der Waals surface area contributed by atoms with Crippen LogP contribution in [0, 0.1) is 5.92 Å². The summed E-state index contributed by atoms with van der Waals surface area (Å²) in [6.07, 6.45) is 0.907. The number of ether oxygens (including phenoxy) is 1. The summed E-state index contributed by atoms with van der Waals surface area (Å²) >= 11 is 0. The number of amides is 3. The lowest BCUT2D eigenvalue weighted by molar-refractivity contribution is -0.140. The second-order valence-corrected chi connectivity index (χ2v) is 11.5. The van der Waals surface area contributed by atoms with Crippen molar-refractivity contribution in [2.24, 2.45) is 5.92 Å². The highest BCUT2D eigenvalue weighted by molar-refractivity contribution is 5.93.